The fraction of sp³-hybridized carbons (Fsp3) is 0.214. The fourth-order valence-electron chi connectivity index (χ4n) is 1.18. The van der Waals surface area contributed by atoms with Crippen LogP contribution in [0.15, 0.2) is 35.0 Å². The second-order valence-corrected chi connectivity index (χ2v) is 3.63. The van der Waals surface area contributed by atoms with Gasteiger partial charge in [0, 0.05) is 12.6 Å². The second-order valence-electron chi connectivity index (χ2n) is 3.63. The van der Waals surface area contributed by atoms with Crippen LogP contribution in [-0.4, -0.2) is 37.8 Å². The van der Waals surface area contributed by atoms with Crippen LogP contribution in [-0.2, 0) is 14.3 Å². The Kier molecular flexibility index (Phi) is 7.06. The van der Waals surface area contributed by atoms with Crippen molar-refractivity contribution in [2.24, 2.45) is 0 Å². The number of allylic oxidation sites excluding steroid dienone is 2. The summed E-state index contributed by atoms with van der Waals surface area (Å²) in [5.74, 6) is -0.0280. The van der Waals surface area contributed by atoms with Gasteiger partial charge < -0.3 is 19.2 Å². The zero-order valence-electron chi connectivity index (χ0n) is 11.7. The van der Waals surface area contributed by atoms with Crippen LogP contribution in [0.2, 0.25) is 0 Å². The van der Waals surface area contributed by atoms with Crippen molar-refractivity contribution in [3.05, 3.63) is 42.2 Å². The molecule has 0 aromatic carbocycles. The number of hydrogen-bond donors (Lipinski definition) is 1. The summed E-state index contributed by atoms with van der Waals surface area (Å²) in [5, 5.41) is 2.48. The van der Waals surface area contributed by atoms with E-state index in [4.69, 9.17) is 4.42 Å². The van der Waals surface area contributed by atoms with E-state index in [1.807, 2.05) is 0 Å². The van der Waals surface area contributed by atoms with Gasteiger partial charge in [-0.15, -0.1) is 0 Å². The number of rotatable bonds is 6. The number of esters is 1. The van der Waals surface area contributed by atoms with E-state index in [0.717, 1.165) is 0 Å². The number of carbonyl (C=O) groups is 2. The van der Waals surface area contributed by atoms with Crippen LogP contribution in [0, 0.1) is 0 Å². The lowest BCUT2D eigenvalue weighted by Crippen LogP contribution is -2.22. The van der Waals surface area contributed by atoms with E-state index in [1.165, 1.54) is 32.6 Å². The molecule has 1 aromatic rings. The van der Waals surface area contributed by atoms with Gasteiger partial charge in [-0.05, 0) is 12.2 Å². The van der Waals surface area contributed by atoms with Crippen molar-refractivity contribution in [2.45, 2.75) is 0 Å². The number of oxazole rings is 1. The fourth-order valence-corrected chi connectivity index (χ4v) is 1.18. The molecule has 1 N–H and O–H groups in total. The van der Waals surface area contributed by atoms with Crippen LogP contribution in [0.1, 0.15) is 11.6 Å². The van der Waals surface area contributed by atoms with Crippen LogP contribution >= 0.6 is 0 Å². The minimum absolute atomic E-state index is 0.308. The van der Waals surface area contributed by atoms with E-state index in [2.05, 4.69) is 19.8 Å². The van der Waals surface area contributed by atoms with Crippen molar-refractivity contribution in [1.29, 1.82) is 0 Å². The maximum atomic E-state index is 10.8. The minimum Gasteiger partial charge on any atom is -0.466 e. The summed E-state index contributed by atoms with van der Waals surface area (Å²) in [4.78, 5) is 25.8. The Morgan fingerprint density at radius 3 is 2.81 bits per heavy atom. The molecule has 0 atom stereocenters. The summed E-state index contributed by atoms with van der Waals surface area (Å²) >= 11 is 0. The largest absolute Gasteiger partial charge is 0.466 e. The zero-order valence-corrected chi connectivity index (χ0v) is 11.7. The molecule has 0 fully saturated rings. The number of methoxy groups -OCH3 is 2. The molecule has 0 saturated carbocycles. The molecule has 7 nitrogen and oxygen atoms in total. The van der Waals surface area contributed by atoms with Crippen LogP contribution in [0.3, 0.4) is 0 Å². The van der Waals surface area contributed by atoms with E-state index in [0.29, 0.717) is 18.1 Å². The van der Waals surface area contributed by atoms with Gasteiger partial charge in [-0.1, -0.05) is 18.2 Å². The molecule has 0 spiro atoms. The highest BCUT2D eigenvalue weighted by molar-refractivity contribution is 5.82. The van der Waals surface area contributed by atoms with Gasteiger partial charge in [-0.25, -0.2) is 14.6 Å². The topological polar surface area (TPSA) is 90.7 Å². The Labute approximate surface area is 121 Å². The molecule has 0 radical (unpaired) electrons. The molecule has 0 aliphatic heterocycles. The van der Waals surface area contributed by atoms with Crippen LogP contribution in [0.5, 0.6) is 0 Å². The Hall–Kier alpha value is -2.83. The highest BCUT2D eigenvalue weighted by atomic mass is 16.5. The molecule has 1 heterocycles. The highest BCUT2D eigenvalue weighted by Crippen LogP contribution is 2.05. The standard InChI is InChI=1S/C14H16N2O5/c1-19-13(17)8-4-3-6-11-10-21-12(16-11)7-5-9-15-14(18)20-2/h3-8,10H,9H2,1-2H3,(H,15,18)/b6-3+,7-5-,8-4-. The van der Waals surface area contributed by atoms with Gasteiger partial charge in [0.15, 0.2) is 0 Å². The van der Waals surface area contributed by atoms with E-state index in [1.54, 1.807) is 24.3 Å². The Bertz CT molecular complexity index is 557. The average molecular weight is 292 g/mol. The van der Waals surface area contributed by atoms with Gasteiger partial charge in [0.2, 0.25) is 5.89 Å². The van der Waals surface area contributed by atoms with E-state index in [-0.39, 0.29) is 0 Å². The third-order valence-electron chi connectivity index (χ3n) is 2.16. The van der Waals surface area contributed by atoms with Crippen molar-refractivity contribution >= 4 is 24.2 Å². The molecule has 1 aromatic heterocycles. The predicted octanol–water partition coefficient (Wildman–Crippen LogP) is 1.79. The number of nitrogens with zero attached hydrogens (tertiary/aromatic N) is 1. The number of hydrogen-bond acceptors (Lipinski definition) is 6. The molecule has 1 amide bonds. The smallest absolute Gasteiger partial charge is 0.407 e. The summed E-state index contributed by atoms with van der Waals surface area (Å²) in [6.45, 7) is 0.308. The normalized spacial score (nSPS) is 11.3. The number of alkyl carbamates (subject to hydrolysis) is 1. The number of aromatic nitrogens is 1. The quantitative estimate of drug-likeness (QED) is 0.488. The average Bonchev–Trinajstić information content (AvgIpc) is 2.95. The monoisotopic (exact) mass is 292 g/mol. The molecule has 112 valence electrons. The number of carbonyl (C=O) groups excluding carboxylic acids is 2. The van der Waals surface area contributed by atoms with E-state index in [9.17, 15) is 9.59 Å². The van der Waals surface area contributed by atoms with Crippen molar-refractivity contribution < 1.29 is 23.5 Å². The summed E-state index contributed by atoms with van der Waals surface area (Å²) in [5.41, 5.74) is 0.602. The summed E-state index contributed by atoms with van der Waals surface area (Å²) in [6.07, 6.45) is 10.4. The van der Waals surface area contributed by atoms with Crippen LogP contribution in [0.4, 0.5) is 4.79 Å². The number of amides is 1. The first kappa shape index (κ1) is 16.2. The Balaban J connectivity index is 2.44. The molecule has 1 rings (SSSR count). The summed E-state index contributed by atoms with van der Waals surface area (Å²) in [6, 6.07) is 0. The maximum Gasteiger partial charge on any atom is 0.407 e. The number of ether oxygens (including phenoxy) is 2. The van der Waals surface area contributed by atoms with Gasteiger partial charge in [0.25, 0.3) is 0 Å². The van der Waals surface area contributed by atoms with E-state index >= 15 is 0 Å². The maximum absolute atomic E-state index is 10.8. The number of nitrogens with one attached hydrogen (secondary N) is 1. The molecule has 0 unspecified atom stereocenters. The first-order chi connectivity index (χ1) is 10.2. The first-order valence-electron chi connectivity index (χ1n) is 6.02. The van der Waals surface area contributed by atoms with Crippen molar-refractivity contribution in [1.82, 2.24) is 10.3 Å². The third-order valence-corrected chi connectivity index (χ3v) is 2.16. The Morgan fingerprint density at radius 2 is 2.10 bits per heavy atom. The molecular formula is C14H16N2O5. The lowest BCUT2D eigenvalue weighted by molar-refractivity contribution is -0.134. The van der Waals surface area contributed by atoms with Gasteiger partial charge in [-0.3, -0.25) is 0 Å². The zero-order chi connectivity index (χ0) is 15.5. The van der Waals surface area contributed by atoms with Gasteiger partial charge in [0.05, 0.1) is 14.2 Å². The van der Waals surface area contributed by atoms with Gasteiger partial charge >= 0.3 is 12.1 Å². The van der Waals surface area contributed by atoms with Crippen LogP contribution in [0.25, 0.3) is 12.2 Å². The molecule has 0 saturated heterocycles. The van der Waals surface area contributed by atoms with E-state index < -0.39 is 12.1 Å². The van der Waals surface area contributed by atoms with Gasteiger partial charge in [0.1, 0.15) is 12.0 Å². The minimum atomic E-state index is -0.506. The predicted molar refractivity (Wildman–Crippen MR) is 76.1 cm³/mol. The lowest BCUT2D eigenvalue weighted by atomic mass is 10.4. The first-order valence-corrected chi connectivity index (χ1v) is 6.02. The van der Waals surface area contributed by atoms with Crippen molar-refractivity contribution in [2.75, 3.05) is 20.8 Å². The molecule has 0 aliphatic carbocycles. The van der Waals surface area contributed by atoms with Gasteiger partial charge in [-0.2, -0.15) is 0 Å². The molecule has 0 bridgehead atoms. The second kappa shape index (κ2) is 9.13. The molecule has 7 heteroatoms. The molecular weight excluding hydrogens is 276 g/mol. The molecule has 0 aliphatic rings. The highest BCUT2D eigenvalue weighted by Gasteiger charge is 1.97. The lowest BCUT2D eigenvalue weighted by Gasteiger charge is -1.97. The SMILES string of the molecule is COC(=O)/C=C\C=C\c1coc(/C=C\CNC(=O)OC)n1. The van der Waals surface area contributed by atoms with Crippen molar-refractivity contribution in [3.8, 4) is 0 Å². The van der Waals surface area contributed by atoms with Crippen LogP contribution < -0.4 is 5.32 Å². The molecule has 21 heavy (non-hydrogen) atoms. The summed E-state index contributed by atoms with van der Waals surface area (Å²) < 4.78 is 14.0. The van der Waals surface area contributed by atoms with Crippen molar-refractivity contribution in [3.63, 3.8) is 0 Å². The summed E-state index contributed by atoms with van der Waals surface area (Å²) in [7, 11) is 2.60. The third kappa shape index (κ3) is 6.76. The Morgan fingerprint density at radius 1 is 1.29 bits per heavy atom.